The molecule has 0 amide bonds. The summed E-state index contributed by atoms with van der Waals surface area (Å²) >= 11 is 0. The number of nitrogens with zero attached hydrogens (tertiary/aromatic N) is 2. The van der Waals surface area contributed by atoms with Crippen molar-refractivity contribution in [3.05, 3.63) is 41.5 Å². The minimum absolute atomic E-state index is 0.496. The van der Waals surface area contributed by atoms with Gasteiger partial charge in [-0.15, -0.1) is 0 Å². The number of hydrogen-bond donors (Lipinski definition) is 1. The molecule has 1 aliphatic carbocycles. The van der Waals surface area contributed by atoms with E-state index in [2.05, 4.69) is 29.2 Å². The highest BCUT2D eigenvalue weighted by Gasteiger charge is 2.23. The Morgan fingerprint density at radius 3 is 2.52 bits per heavy atom. The van der Waals surface area contributed by atoms with Gasteiger partial charge in [0, 0.05) is 18.0 Å². The average molecular weight is 285 g/mol. The monoisotopic (exact) mass is 285 g/mol. The van der Waals surface area contributed by atoms with E-state index >= 15 is 0 Å². The molecule has 1 aromatic carbocycles. The Labute approximate surface area is 125 Å². The minimum atomic E-state index is 0.496. The summed E-state index contributed by atoms with van der Waals surface area (Å²) in [4.78, 5) is 4.59. The summed E-state index contributed by atoms with van der Waals surface area (Å²) in [6.45, 7) is 2.32. The van der Waals surface area contributed by atoms with Crippen LogP contribution in [-0.4, -0.2) is 10.1 Å². The molecule has 3 rings (SSSR count). The zero-order valence-electron chi connectivity index (χ0n) is 12.6. The van der Waals surface area contributed by atoms with Crippen LogP contribution in [0, 0.1) is 5.92 Å². The third-order valence-corrected chi connectivity index (χ3v) is 4.47. The van der Waals surface area contributed by atoms with E-state index in [-0.39, 0.29) is 0 Å². The van der Waals surface area contributed by atoms with Gasteiger partial charge in [-0.25, -0.2) is 0 Å². The SMILES string of the molecule is CC1CCC(c2noc(CCc3ccc(N)cc3)n2)CC1. The molecular weight excluding hydrogens is 262 g/mol. The molecule has 1 fully saturated rings. The number of hydrogen-bond acceptors (Lipinski definition) is 4. The van der Waals surface area contributed by atoms with Gasteiger partial charge >= 0.3 is 0 Å². The molecule has 112 valence electrons. The highest BCUT2D eigenvalue weighted by molar-refractivity contribution is 5.39. The van der Waals surface area contributed by atoms with E-state index in [1.54, 1.807) is 0 Å². The van der Waals surface area contributed by atoms with Gasteiger partial charge in [-0.2, -0.15) is 4.98 Å². The van der Waals surface area contributed by atoms with E-state index in [1.807, 2.05) is 12.1 Å². The maximum atomic E-state index is 5.69. The molecule has 2 aromatic rings. The van der Waals surface area contributed by atoms with Gasteiger partial charge in [0.25, 0.3) is 0 Å². The summed E-state index contributed by atoms with van der Waals surface area (Å²) in [5.41, 5.74) is 7.73. The molecule has 4 heteroatoms. The second-order valence-corrected chi connectivity index (χ2v) is 6.24. The summed E-state index contributed by atoms with van der Waals surface area (Å²) in [5, 5.41) is 4.19. The molecule has 1 aromatic heterocycles. The van der Waals surface area contributed by atoms with Gasteiger partial charge in [-0.1, -0.05) is 37.1 Å². The smallest absolute Gasteiger partial charge is 0.226 e. The zero-order valence-corrected chi connectivity index (χ0v) is 12.6. The van der Waals surface area contributed by atoms with Crippen LogP contribution in [0.5, 0.6) is 0 Å². The summed E-state index contributed by atoms with van der Waals surface area (Å²) < 4.78 is 5.40. The molecule has 0 aliphatic heterocycles. The predicted molar refractivity (Wildman–Crippen MR) is 82.9 cm³/mol. The van der Waals surface area contributed by atoms with Crippen molar-refractivity contribution in [2.24, 2.45) is 5.92 Å². The summed E-state index contributed by atoms with van der Waals surface area (Å²) in [6, 6.07) is 7.96. The molecule has 0 radical (unpaired) electrons. The maximum absolute atomic E-state index is 5.69. The average Bonchev–Trinajstić information content (AvgIpc) is 2.96. The Hall–Kier alpha value is -1.84. The van der Waals surface area contributed by atoms with Crippen LogP contribution in [0.1, 0.15) is 55.8 Å². The number of nitrogens with two attached hydrogens (primary N) is 1. The Balaban J connectivity index is 1.56. The van der Waals surface area contributed by atoms with Crippen LogP contribution in [0.25, 0.3) is 0 Å². The standard InChI is InChI=1S/C17H23N3O/c1-12-2-7-14(8-3-12)17-19-16(21-20-17)11-6-13-4-9-15(18)10-5-13/h4-5,9-10,12,14H,2-3,6-8,11,18H2,1H3. The van der Waals surface area contributed by atoms with E-state index in [0.29, 0.717) is 5.92 Å². The molecule has 0 saturated heterocycles. The van der Waals surface area contributed by atoms with Crippen LogP contribution in [0.2, 0.25) is 0 Å². The van der Waals surface area contributed by atoms with Crippen molar-refractivity contribution < 1.29 is 4.52 Å². The highest BCUT2D eigenvalue weighted by atomic mass is 16.5. The van der Waals surface area contributed by atoms with Crippen molar-refractivity contribution in [3.63, 3.8) is 0 Å². The fourth-order valence-electron chi connectivity index (χ4n) is 2.99. The quantitative estimate of drug-likeness (QED) is 0.869. The van der Waals surface area contributed by atoms with Crippen LogP contribution in [0.15, 0.2) is 28.8 Å². The van der Waals surface area contributed by atoms with Gasteiger partial charge in [0.05, 0.1) is 0 Å². The van der Waals surface area contributed by atoms with E-state index in [1.165, 1.54) is 31.2 Å². The van der Waals surface area contributed by atoms with Gasteiger partial charge in [-0.3, -0.25) is 0 Å². The maximum Gasteiger partial charge on any atom is 0.226 e. The molecule has 1 saturated carbocycles. The van der Waals surface area contributed by atoms with Crippen molar-refractivity contribution in [3.8, 4) is 0 Å². The third kappa shape index (κ3) is 3.63. The number of aromatic nitrogens is 2. The molecule has 0 unspecified atom stereocenters. The molecular formula is C17H23N3O. The first-order chi connectivity index (χ1) is 10.2. The zero-order chi connectivity index (χ0) is 14.7. The molecule has 0 bridgehead atoms. The normalized spacial score (nSPS) is 22.3. The van der Waals surface area contributed by atoms with Crippen LogP contribution in [-0.2, 0) is 12.8 Å². The van der Waals surface area contributed by atoms with Gasteiger partial charge in [-0.05, 0) is 42.9 Å². The fraction of sp³-hybridized carbons (Fsp3) is 0.529. The van der Waals surface area contributed by atoms with Gasteiger partial charge < -0.3 is 10.3 Å². The first-order valence-electron chi connectivity index (χ1n) is 7.87. The molecule has 2 N–H and O–H groups in total. The minimum Gasteiger partial charge on any atom is -0.399 e. The Kier molecular flexibility index (Phi) is 4.23. The van der Waals surface area contributed by atoms with Crippen molar-refractivity contribution >= 4 is 5.69 Å². The molecule has 4 nitrogen and oxygen atoms in total. The van der Waals surface area contributed by atoms with Crippen molar-refractivity contribution in [2.45, 2.75) is 51.4 Å². The van der Waals surface area contributed by atoms with Crippen LogP contribution in [0.4, 0.5) is 5.69 Å². The predicted octanol–water partition coefficient (Wildman–Crippen LogP) is 3.73. The van der Waals surface area contributed by atoms with E-state index in [9.17, 15) is 0 Å². The first-order valence-corrected chi connectivity index (χ1v) is 7.87. The van der Waals surface area contributed by atoms with Crippen LogP contribution in [0.3, 0.4) is 0 Å². The lowest BCUT2D eigenvalue weighted by atomic mass is 9.83. The second-order valence-electron chi connectivity index (χ2n) is 6.24. The Bertz CT molecular complexity index is 568. The largest absolute Gasteiger partial charge is 0.399 e. The first kappa shape index (κ1) is 14.1. The second kappa shape index (κ2) is 6.29. The topological polar surface area (TPSA) is 64.9 Å². The molecule has 1 heterocycles. The Morgan fingerprint density at radius 1 is 1.10 bits per heavy atom. The summed E-state index contributed by atoms with van der Waals surface area (Å²) in [7, 11) is 0. The lowest BCUT2D eigenvalue weighted by molar-refractivity contribution is 0.324. The number of rotatable bonds is 4. The number of benzene rings is 1. The van der Waals surface area contributed by atoms with Crippen molar-refractivity contribution in [1.29, 1.82) is 0 Å². The molecule has 21 heavy (non-hydrogen) atoms. The summed E-state index contributed by atoms with van der Waals surface area (Å²) in [6.07, 6.45) is 6.64. The molecule has 1 aliphatic rings. The number of anilines is 1. The third-order valence-electron chi connectivity index (χ3n) is 4.47. The molecule has 0 spiro atoms. The summed E-state index contributed by atoms with van der Waals surface area (Å²) in [5.74, 6) is 3.00. The lowest BCUT2D eigenvalue weighted by Crippen LogP contribution is -2.12. The highest BCUT2D eigenvalue weighted by Crippen LogP contribution is 2.34. The van der Waals surface area contributed by atoms with E-state index < -0.39 is 0 Å². The van der Waals surface area contributed by atoms with Gasteiger partial charge in [0.15, 0.2) is 5.82 Å². The van der Waals surface area contributed by atoms with Gasteiger partial charge in [0.2, 0.25) is 5.89 Å². The van der Waals surface area contributed by atoms with Crippen LogP contribution < -0.4 is 5.73 Å². The van der Waals surface area contributed by atoms with Crippen molar-refractivity contribution in [1.82, 2.24) is 10.1 Å². The number of aryl methyl sites for hydroxylation is 2. The molecule has 0 atom stereocenters. The van der Waals surface area contributed by atoms with Gasteiger partial charge in [0.1, 0.15) is 0 Å². The number of nitrogen functional groups attached to an aromatic ring is 1. The Morgan fingerprint density at radius 2 is 1.81 bits per heavy atom. The fourth-order valence-corrected chi connectivity index (χ4v) is 2.99. The van der Waals surface area contributed by atoms with Crippen molar-refractivity contribution in [2.75, 3.05) is 5.73 Å². The van der Waals surface area contributed by atoms with E-state index in [4.69, 9.17) is 10.3 Å². The lowest BCUT2D eigenvalue weighted by Gasteiger charge is -2.23. The van der Waals surface area contributed by atoms with E-state index in [0.717, 1.165) is 36.2 Å². The van der Waals surface area contributed by atoms with Crippen LogP contribution >= 0.6 is 0 Å².